The van der Waals surface area contributed by atoms with Gasteiger partial charge in [0.05, 0.1) is 30.3 Å². The average Bonchev–Trinajstić information content (AvgIpc) is 3.01. The third-order valence-electron chi connectivity index (χ3n) is 9.10. The summed E-state index contributed by atoms with van der Waals surface area (Å²) in [5.41, 5.74) is 0. The minimum absolute atomic E-state index is 0.295. The molecule has 3 atom stereocenters. The van der Waals surface area contributed by atoms with Gasteiger partial charge in [-0.2, -0.15) is 0 Å². The van der Waals surface area contributed by atoms with Crippen molar-refractivity contribution in [2.24, 2.45) is 11.8 Å². The maximum absolute atomic E-state index is 12.8. The van der Waals surface area contributed by atoms with E-state index in [1.807, 2.05) is 0 Å². The van der Waals surface area contributed by atoms with Gasteiger partial charge >= 0.3 is 11.9 Å². The fraction of sp³-hybridized carbons (Fsp3) is 0.944. The van der Waals surface area contributed by atoms with Crippen molar-refractivity contribution in [3.8, 4) is 0 Å². The Hall–Kier alpha value is -0.950. The molecule has 0 heterocycles. The molecule has 0 saturated heterocycles. The van der Waals surface area contributed by atoms with Gasteiger partial charge < -0.3 is 14.0 Å². The van der Waals surface area contributed by atoms with Gasteiger partial charge in [-0.1, -0.05) is 155 Å². The van der Waals surface area contributed by atoms with Gasteiger partial charge in [-0.3, -0.25) is 9.59 Å². The molecule has 0 amide bonds. The number of carbonyl (C=O) groups is 2. The number of carbonyl (C=O) groups excluding carboxylic acids is 2. The summed E-state index contributed by atoms with van der Waals surface area (Å²) in [4.78, 5) is 25.5. The van der Waals surface area contributed by atoms with Crippen molar-refractivity contribution in [1.82, 2.24) is 0 Å². The Balaban J connectivity index is 2.15. The van der Waals surface area contributed by atoms with E-state index in [1.54, 1.807) is 0 Å². The summed E-state index contributed by atoms with van der Waals surface area (Å²) < 4.78 is 32.7. The predicted molar refractivity (Wildman–Crippen MR) is 179 cm³/mol. The van der Waals surface area contributed by atoms with E-state index in [4.69, 9.17) is 9.47 Å². The van der Waals surface area contributed by atoms with Gasteiger partial charge in [0.15, 0.2) is 11.1 Å². The minimum atomic E-state index is -2.07. The van der Waals surface area contributed by atoms with Gasteiger partial charge in [-0.15, -0.1) is 0 Å². The third-order valence-corrected chi connectivity index (χ3v) is 10.1. The molecule has 0 spiro atoms. The summed E-state index contributed by atoms with van der Waals surface area (Å²) in [5, 5.41) is -0.595. The van der Waals surface area contributed by atoms with Crippen LogP contribution in [-0.4, -0.2) is 39.2 Å². The molecular formula is C36H68O6S. The summed E-state index contributed by atoms with van der Waals surface area (Å²) in [6.07, 6.45) is 30.9. The van der Waals surface area contributed by atoms with E-state index >= 15 is 0 Å². The molecule has 1 fully saturated rings. The Bertz CT molecular complexity index is 649. The Morgan fingerprint density at radius 3 is 1.07 bits per heavy atom. The topological polar surface area (TPSA) is 89.9 Å². The highest BCUT2D eigenvalue weighted by molar-refractivity contribution is 7.79. The van der Waals surface area contributed by atoms with Crippen LogP contribution in [0.5, 0.6) is 0 Å². The second-order valence-corrected chi connectivity index (χ2v) is 14.3. The zero-order valence-corrected chi connectivity index (χ0v) is 29.0. The van der Waals surface area contributed by atoms with Gasteiger partial charge in [0.2, 0.25) is 0 Å². The van der Waals surface area contributed by atoms with E-state index in [1.165, 1.54) is 116 Å². The van der Waals surface area contributed by atoms with Crippen molar-refractivity contribution in [3.63, 3.8) is 0 Å². The van der Waals surface area contributed by atoms with Crippen LogP contribution >= 0.6 is 0 Å². The van der Waals surface area contributed by atoms with Crippen LogP contribution in [-0.2, 0) is 30.1 Å². The molecular weight excluding hydrogens is 560 g/mol. The van der Waals surface area contributed by atoms with E-state index in [2.05, 4.69) is 13.8 Å². The van der Waals surface area contributed by atoms with Crippen molar-refractivity contribution in [3.05, 3.63) is 0 Å². The highest BCUT2D eigenvalue weighted by Crippen LogP contribution is 2.33. The summed E-state index contributed by atoms with van der Waals surface area (Å²) in [7, 11) is 0. The summed E-state index contributed by atoms with van der Waals surface area (Å²) in [6.45, 7) is 5.27. The molecule has 0 aromatic heterocycles. The summed E-state index contributed by atoms with van der Waals surface area (Å²) in [6, 6.07) is 0. The maximum Gasteiger partial charge on any atom is 0.308 e. The summed E-state index contributed by atoms with van der Waals surface area (Å²) in [5.74, 6) is -1.71. The third kappa shape index (κ3) is 22.2. The second kappa shape index (κ2) is 28.5. The number of unbranched alkanes of at least 4 members (excludes halogenated alkanes) is 22. The van der Waals surface area contributed by atoms with Crippen molar-refractivity contribution < 1.29 is 27.8 Å². The van der Waals surface area contributed by atoms with Crippen molar-refractivity contribution in [2.45, 2.75) is 192 Å². The fourth-order valence-corrected chi connectivity index (χ4v) is 7.08. The quantitative estimate of drug-likeness (QED) is 0.0503. The number of rotatable bonds is 29. The van der Waals surface area contributed by atoms with Gasteiger partial charge in [0, 0.05) is 0 Å². The van der Waals surface area contributed by atoms with Crippen LogP contribution in [0.3, 0.4) is 0 Å². The summed E-state index contributed by atoms with van der Waals surface area (Å²) >= 11 is -2.07. The Kier molecular flexibility index (Phi) is 26.6. The molecule has 0 aromatic rings. The van der Waals surface area contributed by atoms with Crippen LogP contribution in [0.4, 0.5) is 0 Å². The molecule has 0 radical (unpaired) electrons. The van der Waals surface area contributed by atoms with E-state index in [0.29, 0.717) is 32.5 Å². The Morgan fingerprint density at radius 2 is 0.791 bits per heavy atom. The van der Waals surface area contributed by atoms with Crippen LogP contribution < -0.4 is 0 Å². The molecule has 254 valence electrons. The van der Waals surface area contributed by atoms with Gasteiger partial charge in [-0.25, -0.2) is 4.21 Å². The molecule has 1 N–H and O–H groups in total. The number of hydrogen-bond acceptors (Lipinski definition) is 5. The van der Waals surface area contributed by atoms with Gasteiger partial charge in [0.25, 0.3) is 0 Å². The van der Waals surface area contributed by atoms with Crippen LogP contribution in [0.2, 0.25) is 0 Å². The van der Waals surface area contributed by atoms with E-state index < -0.39 is 28.2 Å². The number of ether oxygens (including phenoxy) is 2. The highest BCUT2D eigenvalue weighted by atomic mass is 32.2. The first kappa shape index (κ1) is 40.1. The minimum Gasteiger partial charge on any atom is -0.465 e. The fourth-order valence-electron chi connectivity index (χ4n) is 6.28. The molecule has 3 unspecified atom stereocenters. The lowest BCUT2D eigenvalue weighted by Crippen LogP contribution is -2.37. The predicted octanol–water partition coefficient (Wildman–Crippen LogP) is 10.5. The van der Waals surface area contributed by atoms with E-state index in [9.17, 15) is 18.4 Å². The lowest BCUT2D eigenvalue weighted by molar-refractivity contribution is -0.155. The second-order valence-electron chi connectivity index (χ2n) is 13.1. The Morgan fingerprint density at radius 1 is 0.512 bits per heavy atom. The molecule has 1 rings (SSSR count). The molecule has 0 bridgehead atoms. The lowest BCUT2D eigenvalue weighted by Gasteiger charge is -2.30. The van der Waals surface area contributed by atoms with Crippen LogP contribution in [0.25, 0.3) is 0 Å². The monoisotopic (exact) mass is 628 g/mol. The van der Waals surface area contributed by atoms with Crippen LogP contribution in [0.1, 0.15) is 187 Å². The molecule has 1 saturated carbocycles. The first-order valence-corrected chi connectivity index (χ1v) is 19.6. The SMILES string of the molecule is CCCCCCCCCCCCCCOC(=O)C1CC(C(=O)OCCCCCCCCCCCCCC)CC(S(=O)O)C1. The first-order valence-electron chi connectivity index (χ1n) is 18.4. The Labute approximate surface area is 267 Å². The molecule has 1 aliphatic carbocycles. The standard InChI is InChI=1S/C36H68O6S/c1-3-5-7-9-11-13-15-17-19-21-23-25-27-41-35(37)32-29-33(31-34(30-32)43(39)40)36(38)42-28-26-24-22-20-18-16-14-12-10-8-6-4-2/h32-34H,3-31H2,1-2H3,(H,39,40). The molecule has 1 aliphatic rings. The van der Waals surface area contributed by atoms with Crippen molar-refractivity contribution in [2.75, 3.05) is 13.2 Å². The zero-order valence-electron chi connectivity index (χ0n) is 28.1. The number of hydrogen-bond donors (Lipinski definition) is 1. The molecule has 0 aliphatic heterocycles. The molecule has 6 nitrogen and oxygen atoms in total. The highest BCUT2D eigenvalue weighted by Gasteiger charge is 2.39. The van der Waals surface area contributed by atoms with E-state index in [-0.39, 0.29) is 11.9 Å². The molecule has 0 aromatic carbocycles. The van der Waals surface area contributed by atoms with E-state index in [0.717, 1.165) is 38.5 Å². The van der Waals surface area contributed by atoms with Gasteiger partial charge in [0.1, 0.15) is 0 Å². The first-order chi connectivity index (χ1) is 21.0. The smallest absolute Gasteiger partial charge is 0.308 e. The maximum atomic E-state index is 12.8. The zero-order chi connectivity index (χ0) is 31.4. The normalized spacial score (nSPS) is 19.3. The van der Waals surface area contributed by atoms with Crippen LogP contribution in [0, 0.1) is 11.8 Å². The molecule has 7 heteroatoms. The van der Waals surface area contributed by atoms with Gasteiger partial charge in [-0.05, 0) is 32.1 Å². The van der Waals surface area contributed by atoms with Crippen molar-refractivity contribution in [1.29, 1.82) is 0 Å². The number of esters is 2. The van der Waals surface area contributed by atoms with Crippen LogP contribution in [0.15, 0.2) is 0 Å². The largest absolute Gasteiger partial charge is 0.465 e. The molecule has 43 heavy (non-hydrogen) atoms. The average molecular weight is 629 g/mol. The van der Waals surface area contributed by atoms with Crippen molar-refractivity contribution >= 4 is 23.0 Å². The lowest BCUT2D eigenvalue weighted by atomic mass is 9.81.